The minimum Gasteiger partial charge on any atom is -0.477 e. The lowest BCUT2D eigenvalue weighted by molar-refractivity contribution is 0.0702. The zero-order valence-corrected chi connectivity index (χ0v) is 11.4. The summed E-state index contributed by atoms with van der Waals surface area (Å²) in [6.07, 6.45) is 0. The first-order valence-electron chi connectivity index (χ1n) is 5.58. The molecule has 0 fully saturated rings. The number of pyridine rings is 1. The van der Waals surface area contributed by atoms with E-state index in [4.69, 9.17) is 5.11 Å². The lowest BCUT2D eigenvalue weighted by atomic mass is 10.2. The van der Waals surface area contributed by atoms with Crippen LogP contribution in [0.1, 0.15) is 9.67 Å². The summed E-state index contributed by atoms with van der Waals surface area (Å²) < 4.78 is 0. The van der Waals surface area contributed by atoms with Crippen LogP contribution in [0.2, 0.25) is 0 Å². The van der Waals surface area contributed by atoms with Crippen molar-refractivity contribution in [1.29, 1.82) is 0 Å². The number of carboxylic acid groups (broad SMARTS) is 1. The average Bonchev–Trinajstić information content (AvgIpc) is 3.10. The van der Waals surface area contributed by atoms with Crippen molar-refractivity contribution in [3.63, 3.8) is 0 Å². The molecule has 1 N–H and O–H groups in total. The lowest BCUT2D eigenvalue weighted by Gasteiger charge is -2.00. The van der Waals surface area contributed by atoms with Gasteiger partial charge in [-0.3, -0.25) is 0 Å². The second-order valence-corrected chi connectivity index (χ2v) is 5.89. The minimum absolute atomic E-state index is 0.332. The van der Waals surface area contributed by atoms with Gasteiger partial charge in [0.15, 0.2) is 0 Å². The molecule has 19 heavy (non-hydrogen) atoms. The van der Waals surface area contributed by atoms with E-state index in [-0.39, 0.29) is 0 Å². The van der Waals surface area contributed by atoms with E-state index in [1.165, 1.54) is 11.3 Å². The van der Waals surface area contributed by atoms with Gasteiger partial charge < -0.3 is 5.11 Å². The third kappa shape index (κ3) is 2.43. The molecule has 3 aromatic rings. The van der Waals surface area contributed by atoms with Crippen LogP contribution in [0.3, 0.4) is 0 Å². The Bertz CT molecular complexity index is 717. The number of hydrogen-bond acceptors (Lipinski definition) is 4. The number of carboxylic acids is 1. The second-order valence-electron chi connectivity index (χ2n) is 3.85. The Labute approximate surface area is 117 Å². The van der Waals surface area contributed by atoms with Gasteiger partial charge in [0.25, 0.3) is 0 Å². The van der Waals surface area contributed by atoms with E-state index in [1.54, 1.807) is 23.5 Å². The molecule has 0 aliphatic heterocycles. The van der Waals surface area contributed by atoms with Crippen LogP contribution in [-0.2, 0) is 0 Å². The van der Waals surface area contributed by atoms with E-state index < -0.39 is 5.97 Å². The number of rotatable bonds is 3. The zero-order valence-electron chi connectivity index (χ0n) is 9.74. The predicted octanol–water partition coefficient (Wildman–Crippen LogP) is 4.24. The molecule has 0 saturated heterocycles. The Morgan fingerprint density at radius 1 is 1.00 bits per heavy atom. The highest BCUT2D eigenvalue weighted by molar-refractivity contribution is 7.17. The maximum Gasteiger partial charge on any atom is 0.345 e. The van der Waals surface area contributed by atoms with Crippen molar-refractivity contribution in [2.45, 2.75) is 0 Å². The molecular formula is C14H9NO2S2. The lowest BCUT2D eigenvalue weighted by Crippen LogP contribution is -1.89. The van der Waals surface area contributed by atoms with Crippen molar-refractivity contribution >= 4 is 28.6 Å². The Morgan fingerprint density at radius 3 is 2.42 bits per heavy atom. The third-order valence-electron chi connectivity index (χ3n) is 2.59. The van der Waals surface area contributed by atoms with Crippen molar-refractivity contribution < 1.29 is 9.90 Å². The van der Waals surface area contributed by atoms with Crippen LogP contribution in [0, 0.1) is 0 Å². The molecule has 0 amide bonds. The fourth-order valence-electron chi connectivity index (χ4n) is 1.72. The van der Waals surface area contributed by atoms with E-state index in [2.05, 4.69) is 4.98 Å². The van der Waals surface area contributed by atoms with Crippen molar-refractivity contribution in [3.8, 4) is 21.1 Å². The molecule has 0 bridgehead atoms. The highest BCUT2D eigenvalue weighted by atomic mass is 32.1. The van der Waals surface area contributed by atoms with Gasteiger partial charge in [-0.1, -0.05) is 12.1 Å². The van der Waals surface area contributed by atoms with Crippen molar-refractivity contribution in [2.24, 2.45) is 0 Å². The number of carbonyl (C=O) groups is 1. The topological polar surface area (TPSA) is 50.2 Å². The number of thiophene rings is 2. The van der Waals surface area contributed by atoms with E-state index >= 15 is 0 Å². The fourth-order valence-corrected chi connectivity index (χ4v) is 3.23. The van der Waals surface area contributed by atoms with Crippen molar-refractivity contribution in [1.82, 2.24) is 4.98 Å². The van der Waals surface area contributed by atoms with Gasteiger partial charge in [-0.25, -0.2) is 9.78 Å². The maximum absolute atomic E-state index is 10.9. The second kappa shape index (κ2) is 4.95. The molecule has 0 saturated carbocycles. The Kier molecular flexibility index (Phi) is 3.15. The van der Waals surface area contributed by atoms with Gasteiger partial charge in [0.2, 0.25) is 0 Å². The van der Waals surface area contributed by atoms with E-state index in [9.17, 15) is 4.79 Å². The fraction of sp³-hybridized carbons (Fsp3) is 0. The number of aromatic nitrogens is 1. The quantitative estimate of drug-likeness (QED) is 0.784. The van der Waals surface area contributed by atoms with Crippen LogP contribution in [0.25, 0.3) is 21.1 Å². The van der Waals surface area contributed by atoms with Gasteiger partial charge >= 0.3 is 5.97 Å². The average molecular weight is 287 g/mol. The highest BCUT2D eigenvalue weighted by Gasteiger charge is 2.10. The molecule has 0 aliphatic rings. The highest BCUT2D eigenvalue weighted by Crippen LogP contribution is 2.29. The Hall–Kier alpha value is -1.98. The first-order chi connectivity index (χ1) is 9.24. The van der Waals surface area contributed by atoms with Gasteiger partial charge in [-0.2, -0.15) is 0 Å². The largest absolute Gasteiger partial charge is 0.477 e. The van der Waals surface area contributed by atoms with Crippen LogP contribution in [0.4, 0.5) is 0 Å². The van der Waals surface area contributed by atoms with Crippen molar-refractivity contribution in [3.05, 3.63) is 52.7 Å². The van der Waals surface area contributed by atoms with Crippen molar-refractivity contribution in [2.75, 3.05) is 0 Å². The van der Waals surface area contributed by atoms with E-state index in [1.807, 2.05) is 35.7 Å². The molecule has 0 aliphatic carbocycles. The molecule has 94 valence electrons. The van der Waals surface area contributed by atoms with Gasteiger partial charge in [0.05, 0.1) is 21.1 Å². The summed E-state index contributed by atoms with van der Waals surface area (Å²) in [6, 6.07) is 13.2. The van der Waals surface area contributed by atoms with Crippen LogP contribution >= 0.6 is 22.7 Å². The third-order valence-corrected chi connectivity index (χ3v) is 4.58. The zero-order chi connectivity index (χ0) is 13.2. The van der Waals surface area contributed by atoms with E-state index in [0.717, 1.165) is 21.1 Å². The van der Waals surface area contributed by atoms with Crippen LogP contribution < -0.4 is 0 Å². The number of hydrogen-bond donors (Lipinski definition) is 1. The summed E-state index contributed by atoms with van der Waals surface area (Å²) in [6.45, 7) is 0. The molecule has 3 nitrogen and oxygen atoms in total. The SMILES string of the molecule is O=C(O)c1ccc(-c2cccc(-c3cccs3)n2)s1. The van der Waals surface area contributed by atoms with E-state index in [0.29, 0.717) is 4.88 Å². The Balaban J connectivity index is 2.01. The molecule has 0 radical (unpaired) electrons. The molecule has 3 rings (SSSR count). The van der Waals surface area contributed by atoms with Gasteiger partial charge in [-0.15, -0.1) is 22.7 Å². The first kappa shape index (κ1) is 12.1. The van der Waals surface area contributed by atoms with Gasteiger partial charge in [0.1, 0.15) is 4.88 Å². The summed E-state index contributed by atoms with van der Waals surface area (Å²) in [5.41, 5.74) is 1.72. The van der Waals surface area contributed by atoms with Gasteiger partial charge in [-0.05, 0) is 35.7 Å². The molecule has 3 heterocycles. The smallest absolute Gasteiger partial charge is 0.345 e. The molecule has 3 aromatic heterocycles. The Morgan fingerprint density at radius 2 is 1.79 bits per heavy atom. The van der Waals surface area contributed by atoms with Crippen LogP contribution in [0.15, 0.2) is 47.8 Å². The normalized spacial score (nSPS) is 10.5. The number of aromatic carboxylic acids is 1. The molecular weight excluding hydrogens is 278 g/mol. The molecule has 0 aromatic carbocycles. The summed E-state index contributed by atoms with van der Waals surface area (Å²) in [5, 5.41) is 11.0. The minimum atomic E-state index is -0.898. The summed E-state index contributed by atoms with van der Waals surface area (Å²) >= 11 is 2.88. The molecule has 5 heteroatoms. The molecule has 0 spiro atoms. The number of nitrogens with zero attached hydrogens (tertiary/aromatic N) is 1. The standard InChI is InChI=1S/C14H9NO2S2/c16-14(17)13-7-6-12(19-13)10-4-1-3-9(15-10)11-5-2-8-18-11/h1-8H,(H,16,17). The summed E-state index contributed by atoms with van der Waals surface area (Å²) in [4.78, 5) is 17.8. The monoisotopic (exact) mass is 287 g/mol. The maximum atomic E-state index is 10.9. The summed E-state index contributed by atoms with van der Waals surface area (Å²) in [5.74, 6) is -0.898. The predicted molar refractivity (Wildman–Crippen MR) is 77.8 cm³/mol. The summed E-state index contributed by atoms with van der Waals surface area (Å²) in [7, 11) is 0. The first-order valence-corrected chi connectivity index (χ1v) is 7.28. The van der Waals surface area contributed by atoms with Gasteiger partial charge in [0, 0.05) is 0 Å². The molecule has 0 unspecified atom stereocenters. The molecule has 0 atom stereocenters. The van der Waals surface area contributed by atoms with Crippen LogP contribution in [0.5, 0.6) is 0 Å². The van der Waals surface area contributed by atoms with Crippen LogP contribution in [-0.4, -0.2) is 16.1 Å².